The number of hydrogen-bond donors (Lipinski definition) is 3. The average molecular weight is 308 g/mol. The molecule has 1 aromatic carbocycles. The van der Waals surface area contributed by atoms with Gasteiger partial charge in [-0.25, -0.2) is 0 Å². The van der Waals surface area contributed by atoms with Gasteiger partial charge in [-0.15, -0.1) is 0 Å². The monoisotopic (exact) mass is 308 g/mol. The Hall–Kier alpha value is -2.08. The van der Waals surface area contributed by atoms with E-state index in [0.29, 0.717) is 24.4 Å². The predicted octanol–water partition coefficient (Wildman–Crippen LogP) is 1.69. The molecule has 0 unspecified atom stereocenters. The van der Waals surface area contributed by atoms with Gasteiger partial charge in [0.05, 0.1) is 6.10 Å². The van der Waals surface area contributed by atoms with E-state index < -0.39 is 11.8 Å². The fourth-order valence-corrected chi connectivity index (χ4v) is 1.77. The first-order chi connectivity index (χ1) is 10.5. The summed E-state index contributed by atoms with van der Waals surface area (Å²) in [4.78, 5) is 23.3. The Balaban J connectivity index is 2.35. The molecule has 0 heterocycles. The second kappa shape index (κ2) is 9.78. The van der Waals surface area contributed by atoms with Gasteiger partial charge in [0.25, 0.3) is 0 Å². The summed E-state index contributed by atoms with van der Waals surface area (Å²) in [6, 6.07) is 6.85. The Labute approximate surface area is 130 Å². The van der Waals surface area contributed by atoms with Gasteiger partial charge < -0.3 is 20.5 Å². The Morgan fingerprint density at radius 1 is 1.09 bits per heavy atom. The topological polar surface area (TPSA) is 87.7 Å². The number of unbranched alkanes of at least 4 members (excludes halogenated alkanes) is 2. The summed E-state index contributed by atoms with van der Waals surface area (Å²) in [6.45, 7) is 4.43. The van der Waals surface area contributed by atoms with Crippen LogP contribution in [0, 0.1) is 0 Å². The normalized spacial score (nSPS) is 10.4. The van der Waals surface area contributed by atoms with Gasteiger partial charge in [-0.3, -0.25) is 9.59 Å². The van der Waals surface area contributed by atoms with Crippen molar-refractivity contribution in [1.82, 2.24) is 5.32 Å². The molecule has 0 radical (unpaired) electrons. The minimum absolute atomic E-state index is 0.0806. The molecule has 0 bridgehead atoms. The molecule has 0 aromatic heterocycles. The zero-order chi connectivity index (χ0) is 16.4. The average Bonchev–Trinajstić information content (AvgIpc) is 2.48. The summed E-state index contributed by atoms with van der Waals surface area (Å²) in [5.74, 6) is -0.646. The summed E-state index contributed by atoms with van der Waals surface area (Å²) >= 11 is 0. The van der Waals surface area contributed by atoms with Crippen molar-refractivity contribution in [3.63, 3.8) is 0 Å². The maximum absolute atomic E-state index is 11.7. The van der Waals surface area contributed by atoms with Gasteiger partial charge in [-0.05, 0) is 57.4 Å². The van der Waals surface area contributed by atoms with Crippen LogP contribution in [0.15, 0.2) is 24.3 Å². The van der Waals surface area contributed by atoms with Crippen LogP contribution in [-0.4, -0.2) is 36.2 Å². The van der Waals surface area contributed by atoms with E-state index in [1.165, 1.54) is 0 Å². The molecule has 3 N–H and O–H groups in total. The van der Waals surface area contributed by atoms with Crippen molar-refractivity contribution in [2.75, 3.05) is 18.5 Å². The van der Waals surface area contributed by atoms with Gasteiger partial charge in [0.2, 0.25) is 0 Å². The van der Waals surface area contributed by atoms with E-state index in [0.717, 1.165) is 12.8 Å². The van der Waals surface area contributed by atoms with Crippen molar-refractivity contribution in [2.24, 2.45) is 0 Å². The SMILES string of the molecule is CC(C)Oc1ccc(NC(=O)C(=O)NCCCCCO)cc1. The summed E-state index contributed by atoms with van der Waals surface area (Å²) in [5.41, 5.74) is 0.538. The van der Waals surface area contributed by atoms with Gasteiger partial charge >= 0.3 is 11.8 Å². The third-order valence-electron chi connectivity index (χ3n) is 2.81. The Bertz CT molecular complexity index is 472. The predicted molar refractivity (Wildman–Crippen MR) is 84.8 cm³/mol. The summed E-state index contributed by atoms with van der Waals surface area (Å²) in [7, 11) is 0. The molecular formula is C16H24N2O4. The van der Waals surface area contributed by atoms with Crippen LogP contribution in [0.25, 0.3) is 0 Å². The smallest absolute Gasteiger partial charge is 0.313 e. The van der Waals surface area contributed by atoms with Crippen molar-refractivity contribution < 1.29 is 19.4 Å². The highest BCUT2D eigenvalue weighted by atomic mass is 16.5. The second-order valence-electron chi connectivity index (χ2n) is 5.19. The lowest BCUT2D eigenvalue weighted by Crippen LogP contribution is -2.35. The number of carbonyl (C=O) groups is 2. The van der Waals surface area contributed by atoms with E-state index in [2.05, 4.69) is 10.6 Å². The number of benzene rings is 1. The Kier molecular flexibility index (Phi) is 7.99. The number of aliphatic hydroxyl groups excluding tert-OH is 1. The van der Waals surface area contributed by atoms with E-state index in [1.54, 1.807) is 24.3 Å². The van der Waals surface area contributed by atoms with Crippen LogP contribution in [-0.2, 0) is 9.59 Å². The molecule has 0 atom stereocenters. The molecule has 6 nitrogen and oxygen atoms in total. The molecule has 122 valence electrons. The quantitative estimate of drug-likeness (QED) is 0.504. The number of carbonyl (C=O) groups excluding carboxylic acids is 2. The lowest BCUT2D eigenvalue weighted by Gasteiger charge is -2.10. The van der Waals surface area contributed by atoms with Crippen molar-refractivity contribution in [3.05, 3.63) is 24.3 Å². The van der Waals surface area contributed by atoms with Crippen molar-refractivity contribution in [2.45, 2.75) is 39.2 Å². The number of rotatable bonds is 8. The van der Waals surface area contributed by atoms with Crippen LogP contribution in [0.2, 0.25) is 0 Å². The fourth-order valence-electron chi connectivity index (χ4n) is 1.77. The first-order valence-corrected chi connectivity index (χ1v) is 7.49. The minimum Gasteiger partial charge on any atom is -0.491 e. The van der Waals surface area contributed by atoms with Crippen LogP contribution in [0.5, 0.6) is 5.75 Å². The van der Waals surface area contributed by atoms with Crippen LogP contribution >= 0.6 is 0 Å². The first kappa shape index (κ1) is 18.0. The molecular weight excluding hydrogens is 284 g/mol. The van der Waals surface area contributed by atoms with Gasteiger partial charge in [0, 0.05) is 18.8 Å². The van der Waals surface area contributed by atoms with E-state index in [-0.39, 0.29) is 12.7 Å². The number of amides is 2. The number of anilines is 1. The van der Waals surface area contributed by atoms with E-state index in [1.807, 2.05) is 13.8 Å². The number of hydrogen-bond acceptors (Lipinski definition) is 4. The molecule has 0 saturated heterocycles. The Morgan fingerprint density at radius 2 is 1.77 bits per heavy atom. The molecule has 0 saturated carbocycles. The molecule has 22 heavy (non-hydrogen) atoms. The molecule has 0 aliphatic carbocycles. The lowest BCUT2D eigenvalue weighted by atomic mass is 10.2. The first-order valence-electron chi connectivity index (χ1n) is 7.49. The number of nitrogens with one attached hydrogen (secondary N) is 2. The minimum atomic E-state index is -0.695. The standard InChI is InChI=1S/C16H24N2O4/c1-12(2)22-14-8-6-13(7-9-14)18-16(21)15(20)17-10-4-3-5-11-19/h6-9,12,19H,3-5,10-11H2,1-2H3,(H,17,20)(H,18,21). The van der Waals surface area contributed by atoms with E-state index >= 15 is 0 Å². The number of ether oxygens (including phenoxy) is 1. The number of aliphatic hydroxyl groups is 1. The van der Waals surface area contributed by atoms with Crippen LogP contribution in [0.4, 0.5) is 5.69 Å². The highest BCUT2D eigenvalue weighted by Gasteiger charge is 2.12. The summed E-state index contributed by atoms with van der Waals surface area (Å²) < 4.78 is 5.50. The lowest BCUT2D eigenvalue weighted by molar-refractivity contribution is -0.136. The van der Waals surface area contributed by atoms with E-state index in [9.17, 15) is 9.59 Å². The third kappa shape index (κ3) is 7.08. The second-order valence-corrected chi connectivity index (χ2v) is 5.19. The zero-order valence-electron chi connectivity index (χ0n) is 13.1. The van der Waals surface area contributed by atoms with E-state index in [4.69, 9.17) is 9.84 Å². The molecule has 1 aromatic rings. The Morgan fingerprint density at radius 3 is 2.36 bits per heavy atom. The molecule has 0 aliphatic heterocycles. The van der Waals surface area contributed by atoms with Crippen molar-refractivity contribution in [1.29, 1.82) is 0 Å². The van der Waals surface area contributed by atoms with Crippen molar-refractivity contribution in [3.8, 4) is 5.75 Å². The van der Waals surface area contributed by atoms with Gasteiger partial charge in [0.15, 0.2) is 0 Å². The fraction of sp³-hybridized carbons (Fsp3) is 0.500. The van der Waals surface area contributed by atoms with Crippen LogP contribution in [0.3, 0.4) is 0 Å². The molecule has 6 heteroatoms. The summed E-state index contributed by atoms with van der Waals surface area (Å²) in [6.07, 6.45) is 2.33. The zero-order valence-corrected chi connectivity index (χ0v) is 13.1. The molecule has 0 spiro atoms. The third-order valence-corrected chi connectivity index (χ3v) is 2.81. The van der Waals surface area contributed by atoms with Gasteiger partial charge in [-0.2, -0.15) is 0 Å². The summed E-state index contributed by atoms with van der Waals surface area (Å²) in [5, 5.41) is 13.7. The largest absolute Gasteiger partial charge is 0.491 e. The van der Waals surface area contributed by atoms with Gasteiger partial charge in [0.1, 0.15) is 5.75 Å². The van der Waals surface area contributed by atoms with Gasteiger partial charge in [-0.1, -0.05) is 0 Å². The highest BCUT2D eigenvalue weighted by Crippen LogP contribution is 2.16. The molecule has 1 rings (SSSR count). The molecule has 0 fully saturated rings. The maximum atomic E-state index is 11.7. The van der Waals surface area contributed by atoms with Crippen molar-refractivity contribution >= 4 is 17.5 Å². The molecule has 0 aliphatic rings. The van der Waals surface area contributed by atoms with Crippen LogP contribution < -0.4 is 15.4 Å². The maximum Gasteiger partial charge on any atom is 0.313 e. The highest BCUT2D eigenvalue weighted by molar-refractivity contribution is 6.39. The molecule has 2 amide bonds. The van der Waals surface area contributed by atoms with Crippen LogP contribution in [0.1, 0.15) is 33.1 Å².